The molecular formula is C19H17F2N3O2. The third-order valence-corrected chi connectivity index (χ3v) is 3.72. The van der Waals surface area contributed by atoms with E-state index >= 15 is 0 Å². The van der Waals surface area contributed by atoms with Gasteiger partial charge < -0.3 is 9.64 Å². The molecule has 0 fully saturated rings. The van der Waals surface area contributed by atoms with E-state index in [2.05, 4.69) is 9.84 Å². The lowest BCUT2D eigenvalue weighted by molar-refractivity contribution is -0.0498. The Morgan fingerprint density at radius 1 is 1.08 bits per heavy atom. The molecule has 134 valence electrons. The minimum absolute atomic E-state index is 0.0479. The number of ether oxygens (including phenoxy) is 1. The summed E-state index contributed by atoms with van der Waals surface area (Å²) in [6, 6.07) is 15.4. The van der Waals surface area contributed by atoms with Crippen molar-refractivity contribution in [3.05, 3.63) is 66.4 Å². The standard InChI is InChI=1S/C19H17F2N3O2/c1-23(2)18(25)16-12-24(14-6-4-3-5-7-14)22-17(16)13-8-10-15(11-9-13)26-19(20)21/h3-12,19H,1-2H3. The molecule has 0 bridgehead atoms. The highest BCUT2D eigenvalue weighted by Gasteiger charge is 2.20. The van der Waals surface area contributed by atoms with Crippen LogP contribution in [0.2, 0.25) is 0 Å². The van der Waals surface area contributed by atoms with Gasteiger partial charge in [-0.15, -0.1) is 0 Å². The second kappa shape index (κ2) is 7.35. The number of rotatable bonds is 5. The van der Waals surface area contributed by atoms with E-state index < -0.39 is 6.61 Å². The van der Waals surface area contributed by atoms with Crippen molar-refractivity contribution in [3.63, 3.8) is 0 Å². The molecule has 0 N–H and O–H groups in total. The molecule has 1 aromatic heterocycles. The van der Waals surface area contributed by atoms with Crippen molar-refractivity contribution in [1.29, 1.82) is 0 Å². The average molecular weight is 357 g/mol. The van der Waals surface area contributed by atoms with Crippen molar-refractivity contribution in [2.24, 2.45) is 0 Å². The van der Waals surface area contributed by atoms with E-state index in [-0.39, 0.29) is 11.7 Å². The molecule has 0 saturated heterocycles. The number of amides is 1. The lowest BCUT2D eigenvalue weighted by Gasteiger charge is -2.10. The highest BCUT2D eigenvalue weighted by atomic mass is 19.3. The van der Waals surface area contributed by atoms with Gasteiger partial charge in [0.05, 0.1) is 11.3 Å². The molecular weight excluding hydrogens is 340 g/mol. The van der Waals surface area contributed by atoms with Crippen LogP contribution in [-0.2, 0) is 0 Å². The molecule has 0 spiro atoms. The van der Waals surface area contributed by atoms with Crippen LogP contribution in [0.1, 0.15) is 10.4 Å². The summed E-state index contributed by atoms with van der Waals surface area (Å²) in [5, 5.41) is 4.52. The van der Waals surface area contributed by atoms with Gasteiger partial charge in [-0.1, -0.05) is 18.2 Å². The van der Waals surface area contributed by atoms with Crippen molar-refractivity contribution < 1.29 is 18.3 Å². The van der Waals surface area contributed by atoms with Gasteiger partial charge in [0.15, 0.2) is 0 Å². The molecule has 7 heteroatoms. The van der Waals surface area contributed by atoms with Crippen molar-refractivity contribution >= 4 is 5.91 Å². The third kappa shape index (κ3) is 3.72. The number of alkyl halides is 2. The summed E-state index contributed by atoms with van der Waals surface area (Å²) in [5.41, 5.74) is 2.33. The van der Waals surface area contributed by atoms with E-state index in [1.807, 2.05) is 30.3 Å². The number of carbonyl (C=O) groups is 1. The molecule has 0 radical (unpaired) electrons. The lowest BCUT2D eigenvalue weighted by Crippen LogP contribution is -2.21. The zero-order chi connectivity index (χ0) is 18.7. The molecule has 0 atom stereocenters. The molecule has 3 rings (SSSR count). The first-order valence-electron chi connectivity index (χ1n) is 7.87. The zero-order valence-electron chi connectivity index (χ0n) is 14.3. The Balaban J connectivity index is 2.04. The van der Waals surface area contributed by atoms with E-state index in [1.54, 1.807) is 37.1 Å². The van der Waals surface area contributed by atoms with E-state index in [9.17, 15) is 13.6 Å². The van der Waals surface area contributed by atoms with E-state index in [0.717, 1.165) is 5.69 Å². The van der Waals surface area contributed by atoms with Crippen molar-refractivity contribution in [1.82, 2.24) is 14.7 Å². The number of halogens is 2. The molecule has 0 aliphatic heterocycles. The van der Waals surface area contributed by atoms with Crippen LogP contribution in [0.3, 0.4) is 0 Å². The quantitative estimate of drug-likeness (QED) is 0.697. The summed E-state index contributed by atoms with van der Waals surface area (Å²) in [6.45, 7) is -2.89. The molecule has 1 heterocycles. The predicted molar refractivity (Wildman–Crippen MR) is 93.6 cm³/mol. The number of aromatic nitrogens is 2. The van der Waals surface area contributed by atoms with Crippen LogP contribution in [0, 0.1) is 0 Å². The summed E-state index contributed by atoms with van der Waals surface area (Å²) in [7, 11) is 3.32. The second-order valence-electron chi connectivity index (χ2n) is 5.77. The SMILES string of the molecule is CN(C)C(=O)c1cn(-c2ccccc2)nc1-c1ccc(OC(F)F)cc1. The maximum absolute atomic E-state index is 12.5. The second-order valence-corrected chi connectivity index (χ2v) is 5.77. The Labute approximate surface area is 149 Å². The van der Waals surface area contributed by atoms with Crippen LogP contribution < -0.4 is 4.74 Å². The number of hydrogen-bond acceptors (Lipinski definition) is 3. The molecule has 5 nitrogen and oxygen atoms in total. The molecule has 3 aromatic rings. The molecule has 0 aliphatic rings. The van der Waals surface area contributed by atoms with E-state index in [1.165, 1.54) is 17.0 Å². The van der Waals surface area contributed by atoms with Gasteiger partial charge in [0.25, 0.3) is 5.91 Å². The first-order valence-corrected chi connectivity index (χ1v) is 7.87. The summed E-state index contributed by atoms with van der Waals surface area (Å²) in [5.74, 6) is -0.151. The fraction of sp³-hybridized carbons (Fsp3) is 0.158. The summed E-state index contributed by atoms with van der Waals surface area (Å²) < 4.78 is 30.6. The fourth-order valence-electron chi connectivity index (χ4n) is 2.49. The number of carbonyl (C=O) groups excluding carboxylic acids is 1. The van der Waals surface area contributed by atoms with Crippen LogP contribution in [0.4, 0.5) is 8.78 Å². The van der Waals surface area contributed by atoms with E-state index in [4.69, 9.17) is 0 Å². The topological polar surface area (TPSA) is 47.4 Å². The fourth-order valence-corrected chi connectivity index (χ4v) is 2.49. The molecule has 2 aromatic carbocycles. The van der Waals surface area contributed by atoms with Crippen LogP contribution in [0.5, 0.6) is 5.75 Å². The number of para-hydroxylation sites is 1. The van der Waals surface area contributed by atoms with Gasteiger partial charge in [0.2, 0.25) is 0 Å². The Kier molecular flexibility index (Phi) is 4.97. The van der Waals surface area contributed by atoms with Gasteiger partial charge in [-0.25, -0.2) is 4.68 Å². The molecule has 0 unspecified atom stereocenters. The average Bonchev–Trinajstić information content (AvgIpc) is 3.07. The largest absolute Gasteiger partial charge is 0.435 e. The number of hydrogen-bond donors (Lipinski definition) is 0. The predicted octanol–water partition coefficient (Wildman–Crippen LogP) is 3.84. The summed E-state index contributed by atoms with van der Waals surface area (Å²) in [6.07, 6.45) is 1.66. The molecule has 0 saturated carbocycles. The maximum atomic E-state index is 12.5. The Morgan fingerprint density at radius 3 is 2.31 bits per heavy atom. The van der Waals surface area contributed by atoms with E-state index in [0.29, 0.717) is 16.8 Å². The number of benzene rings is 2. The van der Waals surface area contributed by atoms with Gasteiger partial charge in [-0.2, -0.15) is 13.9 Å². The molecule has 1 amide bonds. The molecule has 0 aliphatic carbocycles. The summed E-state index contributed by atoms with van der Waals surface area (Å²) >= 11 is 0. The van der Waals surface area contributed by atoms with Gasteiger partial charge >= 0.3 is 6.61 Å². The van der Waals surface area contributed by atoms with Crippen molar-refractivity contribution in [2.75, 3.05) is 14.1 Å². The van der Waals surface area contributed by atoms with Gasteiger partial charge in [-0.05, 0) is 36.4 Å². The first-order chi connectivity index (χ1) is 12.5. The highest BCUT2D eigenvalue weighted by Crippen LogP contribution is 2.27. The minimum atomic E-state index is -2.89. The maximum Gasteiger partial charge on any atom is 0.387 e. The molecule has 26 heavy (non-hydrogen) atoms. The van der Waals surface area contributed by atoms with Crippen molar-refractivity contribution in [2.45, 2.75) is 6.61 Å². The highest BCUT2D eigenvalue weighted by molar-refractivity contribution is 5.99. The first kappa shape index (κ1) is 17.6. The third-order valence-electron chi connectivity index (χ3n) is 3.72. The van der Waals surface area contributed by atoms with Gasteiger partial charge in [0, 0.05) is 25.9 Å². The minimum Gasteiger partial charge on any atom is -0.435 e. The van der Waals surface area contributed by atoms with Crippen LogP contribution >= 0.6 is 0 Å². The lowest BCUT2D eigenvalue weighted by atomic mass is 10.1. The van der Waals surface area contributed by atoms with Gasteiger partial charge in [-0.3, -0.25) is 4.79 Å². The monoisotopic (exact) mass is 357 g/mol. The zero-order valence-corrected chi connectivity index (χ0v) is 14.3. The Morgan fingerprint density at radius 2 is 1.73 bits per heavy atom. The number of nitrogens with zero attached hydrogens (tertiary/aromatic N) is 3. The van der Waals surface area contributed by atoms with Crippen LogP contribution in [-0.4, -0.2) is 41.3 Å². The Bertz CT molecular complexity index is 891. The smallest absolute Gasteiger partial charge is 0.387 e. The normalized spacial score (nSPS) is 10.8. The van der Waals surface area contributed by atoms with Crippen LogP contribution in [0.25, 0.3) is 16.9 Å². The Hall–Kier alpha value is -3.22. The van der Waals surface area contributed by atoms with Crippen molar-refractivity contribution in [3.8, 4) is 22.7 Å². The van der Waals surface area contributed by atoms with Gasteiger partial charge in [0.1, 0.15) is 11.4 Å². The summed E-state index contributed by atoms with van der Waals surface area (Å²) in [4.78, 5) is 14.0. The van der Waals surface area contributed by atoms with Crippen LogP contribution in [0.15, 0.2) is 60.8 Å².